The first-order valence-corrected chi connectivity index (χ1v) is 7.75. The van der Waals surface area contributed by atoms with Crippen molar-refractivity contribution < 1.29 is 0 Å². The Morgan fingerprint density at radius 3 is 2.32 bits per heavy atom. The molecule has 0 atom stereocenters. The molecule has 0 fully saturated rings. The van der Waals surface area contributed by atoms with Gasteiger partial charge in [-0.2, -0.15) is 0 Å². The van der Waals surface area contributed by atoms with Crippen molar-refractivity contribution in [3.05, 3.63) is 44.7 Å². The molecule has 0 spiro atoms. The predicted octanol–water partition coefficient (Wildman–Crippen LogP) is 4.07. The zero-order valence-electron chi connectivity index (χ0n) is 14.5. The molecule has 116 valence electrons. The average molecular weight is 296 g/mol. The number of rotatable bonds is 0. The zero-order valence-corrected chi connectivity index (χ0v) is 14.5. The standard InChI is InChI=1S/C19H24N2O/c1-10-9-19(5,6)20-16-13(4)17-15(8-14(10)16)11(2)12(3)18(22)21(17)7/h8-9,20H,1-7H3. The maximum Gasteiger partial charge on any atom is 0.253 e. The highest BCUT2D eigenvalue weighted by Crippen LogP contribution is 2.40. The third-order valence-corrected chi connectivity index (χ3v) is 4.92. The Labute approximate surface area is 131 Å². The monoisotopic (exact) mass is 296 g/mol. The van der Waals surface area contributed by atoms with Crippen LogP contribution in [0.4, 0.5) is 5.69 Å². The molecule has 0 amide bonds. The topological polar surface area (TPSA) is 34.0 Å². The summed E-state index contributed by atoms with van der Waals surface area (Å²) in [6, 6.07) is 2.23. The molecule has 0 saturated heterocycles. The van der Waals surface area contributed by atoms with Crippen LogP contribution in [-0.4, -0.2) is 10.1 Å². The van der Waals surface area contributed by atoms with Crippen molar-refractivity contribution >= 4 is 22.2 Å². The molecule has 1 N–H and O–H groups in total. The first-order valence-electron chi connectivity index (χ1n) is 7.75. The number of allylic oxidation sites excluding steroid dienone is 1. The van der Waals surface area contributed by atoms with Crippen molar-refractivity contribution in [3.8, 4) is 0 Å². The SMILES string of the molecule is CC1=CC(C)(C)Nc2c1cc1c(C)c(C)c(=O)n(C)c1c2C. The van der Waals surface area contributed by atoms with Crippen molar-refractivity contribution in [3.63, 3.8) is 0 Å². The van der Waals surface area contributed by atoms with Crippen LogP contribution in [0.15, 0.2) is 16.9 Å². The second-order valence-electron chi connectivity index (χ2n) is 7.11. The number of hydrogen-bond acceptors (Lipinski definition) is 2. The lowest BCUT2D eigenvalue weighted by atomic mass is 9.87. The van der Waals surface area contributed by atoms with E-state index >= 15 is 0 Å². The van der Waals surface area contributed by atoms with Gasteiger partial charge in [0.05, 0.1) is 11.1 Å². The maximum absolute atomic E-state index is 12.4. The Morgan fingerprint density at radius 2 is 1.68 bits per heavy atom. The van der Waals surface area contributed by atoms with Gasteiger partial charge in [0.25, 0.3) is 5.56 Å². The highest BCUT2D eigenvalue weighted by Gasteiger charge is 2.26. The Bertz CT molecular complexity index is 898. The van der Waals surface area contributed by atoms with Crippen LogP contribution in [0.2, 0.25) is 0 Å². The van der Waals surface area contributed by atoms with Gasteiger partial charge in [-0.05, 0) is 64.3 Å². The molecule has 1 aromatic heterocycles. The van der Waals surface area contributed by atoms with Crippen LogP contribution >= 0.6 is 0 Å². The summed E-state index contributed by atoms with van der Waals surface area (Å²) in [6.07, 6.45) is 2.27. The van der Waals surface area contributed by atoms with Gasteiger partial charge in [-0.3, -0.25) is 4.79 Å². The van der Waals surface area contributed by atoms with E-state index in [9.17, 15) is 4.79 Å². The molecule has 1 aromatic carbocycles. The lowest BCUT2D eigenvalue weighted by Crippen LogP contribution is -2.32. The van der Waals surface area contributed by atoms with Crippen LogP contribution in [0.5, 0.6) is 0 Å². The van der Waals surface area contributed by atoms with Crippen LogP contribution in [0.3, 0.4) is 0 Å². The van der Waals surface area contributed by atoms with Crippen molar-refractivity contribution in [1.29, 1.82) is 0 Å². The van der Waals surface area contributed by atoms with E-state index in [0.717, 1.165) is 27.9 Å². The maximum atomic E-state index is 12.4. The van der Waals surface area contributed by atoms with E-state index in [-0.39, 0.29) is 11.1 Å². The van der Waals surface area contributed by atoms with Crippen molar-refractivity contribution in [1.82, 2.24) is 4.57 Å². The highest BCUT2D eigenvalue weighted by atomic mass is 16.1. The smallest absolute Gasteiger partial charge is 0.253 e. The molecule has 2 heterocycles. The minimum absolute atomic E-state index is 0.0753. The minimum Gasteiger partial charge on any atom is -0.376 e. The van der Waals surface area contributed by atoms with Gasteiger partial charge in [0, 0.05) is 29.2 Å². The average Bonchev–Trinajstić information content (AvgIpc) is 2.43. The number of hydrogen-bond donors (Lipinski definition) is 1. The molecule has 0 radical (unpaired) electrons. The summed E-state index contributed by atoms with van der Waals surface area (Å²) >= 11 is 0. The molecular weight excluding hydrogens is 272 g/mol. The van der Waals surface area contributed by atoms with Crippen molar-refractivity contribution in [2.24, 2.45) is 7.05 Å². The molecule has 0 aliphatic carbocycles. The molecule has 0 saturated carbocycles. The van der Waals surface area contributed by atoms with E-state index in [1.807, 2.05) is 20.9 Å². The fourth-order valence-electron chi connectivity index (χ4n) is 3.69. The van der Waals surface area contributed by atoms with Gasteiger partial charge in [-0.25, -0.2) is 0 Å². The van der Waals surface area contributed by atoms with Gasteiger partial charge in [-0.1, -0.05) is 6.08 Å². The number of nitrogens with one attached hydrogen (secondary N) is 1. The molecule has 0 unspecified atom stereocenters. The van der Waals surface area contributed by atoms with E-state index in [4.69, 9.17) is 0 Å². The van der Waals surface area contributed by atoms with E-state index in [1.54, 1.807) is 4.57 Å². The van der Waals surface area contributed by atoms with E-state index in [1.165, 1.54) is 16.5 Å². The first-order chi connectivity index (χ1) is 10.1. The molecule has 3 heteroatoms. The summed E-state index contributed by atoms with van der Waals surface area (Å²) in [6.45, 7) is 12.6. The number of aromatic nitrogens is 1. The van der Waals surface area contributed by atoms with Gasteiger partial charge in [0.1, 0.15) is 0 Å². The summed E-state index contributed by atoms with van der Waals surface area (Å²) in [5.74, 6) is 0. The number of anilines is 1. The van der Waals surface area contributed by atoms with Crippen LogP contribution < -0.4 is 10.9 Å². The second-order valence-corrected chi connectivity index (χ2v) is 7.11. The summed E-state index contributed by atoms with van der Waals surface area (Å²) in [5, 5.41) is 4.79. The molecule has 0 bridgehead atoms. The van der Waals surface area contributed by atoms with Crippen molar-refractivity contribution in [2.75, 3.05) is 5.32 Å². The number of benzene rings is 1. The Kier molecular flexibility index (Phi) is 3.03. The van der Waals surface area contributed by atoms with Gasteiger partial charge in [0.15, 0.2) is 0 Å². The number of pyridine rings is 1. The summed E-state index contributed by atoms with van der Waals surface area (Å²) in [7, 11) is 1.87. The fraction of sp³-hybridized carbons (Fsp3) is 0.421. The van der Waals surface area contributed by atoms with E-state index in [0.29, 0.717) is 0 Å². The molecule has 2 aromatic rings. The van der Waals surface area contributed by atoms with Gasteiger partial charge in [0.2, 0.25) is 0 Å². The Morgan fingerprint density at radius 1 is 1.05 bits per heavy atom. The summed E-state index contributed by atoms with van der Waals surface area (Å²) < 4.78 is 1.79. The number of nitrogens with zero attached hydrogens (tertiary/aromatic N) is 1. The lowest BCUT2D eigenvalue weighted by molar-refractivity contribution is 0.706. The largest absolute Gasteiger partial charge is 0.376 e. The number of aryl methyl sites for hydroxylation is 3. The normalized spacial score (nSPS) is 16.2. The summed E-state index contributed by atoms with van der Waals surface area (Å²) in [4.78, 5) is 12.4. The van der Waals surface area contributed by atoms with E-state index in [2.05, 4.69) is 45.2 Å². The van der Waals surface area contributed by atoms with Crippen LogP contribution in [0.1, 0.15) is 43.0 Å². The molecule has 1 aliphatic heterocycles. The first kappa shape index (κ1) is 14.9. The van der Waals surface area contributed by atoms with Crippen LogP contribution in [0.25, 0.3) is 16.5 Å². The fourth-order valence-corrected chi connectivity index (χ4v) is 3.69. The quantitative estimate of drug-likeness (QED) is 0.795. The third-order valence-electron chi connectivity index (χ3n) is 4.92. The number of fused-ring (bicyclic) bond motifs is 2. The van der Waals surface area contributed by atoms with Crippen LogP contribution in [0, 0.1) is 20.8 Å². The predicted molar refractivity (Wildman–Crippen MR) is 94.8 cm³/mol. The molecule has 22 heavy (non-hydrogen) atoms. The Balaban J connectivity index is 2.52. The molecule has 3 nitrogen and oxygen atoms in total. The minimum atomic E-state index is -0.0753. The molecule has 3 rings (SSSR count). The lowest BCUT2D eigenvalue weighted by Gasteiger charge is -2.33. The summed E-state index contributed by atoms with van der Waals surface area (Å²) in [5.41, 5.74) is 7.79. The zero-order chi connectivity index (χ0) is 16.4. The highest BCUT2D eigenvalue weighted by molar-refractivity contribution is 5.97. The van der Waals surface area contributed by atoms with Gasteiger partial charge < -0.3 is 9.88 Å². The second kappa shape index (κ2) is 4.48. The van der Waals surface area contributed by atoms with Crippen molar-refractivity contribution in [2.45, 2.75) is 47.1 Å². The van der Waals surface area contributed by atoms with Gasteiger partial charge in [-0.15, -0.1) is 0 Å². The molecule has 1 aliphatic rings. The van der Waals surface area contributed by atoms with Gasteiger partial charge >= 0.3 is 0 Å². The molecular formula is C19H24N2O. The van der Waals surface area contributed by atoms with Crippen LogP contribution in [-0.2, 0) is 7.05 Å². The third kappa shape index (κ3) is 1.92. The Hall–Kier alpha value is -2.03. The van der Waals surface area contributed by atoms with E-state index < -0.39 is 0 Å².